The SMILES string of the molecule is CCCNC(=O)[C@@H](C)N(Cc1cccc(C)c1)C(=O)COc1cc(C)c(Cl)c(C)c1. The maximum Gasteiger partial charge on any atom is 0.261 e. The van der Waals surface area contributed by atoms with Gasteiger partial charge in [0.25, 0.3) is 5.91 Å². The molecule has 0 saturated heterocycles. The zero-order valence-corrected chi connectivity index (χ0v) is 19.2. The van der Waals surface area contributed by atoms with Gasteiger partial charge in [0.05, 0.1) is 0 Å². The largest absolute Gasteiger partial charge is 0.484 e. The summed E-state index contributed by atoms with van der Waals surface area (Å²) in [7, 11) is 0. The highest BCUT2D eigenvalue weighted by molar-refractivity contribution is 6.32. The number of rotatable bonds is 9. The van der Waals surface area contributed by atoms with Crippen molar-refractivity contribution >= 4 is 23.4 Å². The Labute approximate surface area is 184 Å². The molecule has 2 aromatic rings. The Balaban J connectivity index is 2.17. The van der Waals surface area contributed by atoms with E-state index in [0.29, 0.717) is 23.9 Å². The first-order valence-electron chi connectivity index (χ1n) is 10.2. The van der Waals surface area contributed by atoms with E-state index < -0.39 is 6.04 Å². The number of ether oxygens (including phenoxy) is 1. The third-order valence-corrected chi connectivity index (χ3v) is 5.52. The van der Waals surface area contributed by atoms with Crippen LogP contribution in [0.2, 0.25) is 5.02 Å². The van der Waals surface area contributed by atoms with Crippen LogP contribution in [0.1, 0.15) is 42.5 Å². The van der Waals surface area contributed by atoms with E-state index in [2.05, 4.69) is 5.32 Å². The fourth-order valence-corrected chi connectivity index (χ4v) is 3.31. The van der Waals surface area contributed by atoms with E-state index in [4.69, 9.17) is 16.3 Å². The van der Waals surface area contributed by atoms with Gasteiger partial charge < -0.3 is 15.0 Å². The number of amides is 2. The van der Waals surface area contributed by atoms with Crippen LogP contribution in [-0.4, -0.2) is 35.9 Å². The van der Waals surface area contributed by atoms with Crippen LogP contribution in [0.5, 0.6) is 5.75 Å². The third-order valence-electron chi connectivity index (χ3n) is 4.92. The molecule has 1 atom stereocenters. The van der Waals surface area contributed by atoms with Crippen molar-refractivity contribution in [3.63, 3.8) is 0 Å². The average Bonchev–Trinajstić information content (AvgIpc) is 2.71. The van der Waals surface area contributed by atoms with E-state index in [0.717, 1.165) is 28.7 Å². The van der Waals surface area contributed by atoms with Gasteiger partial charge in [0.15, 0.2) is 6.61 Å². The van der Waals surface area contributed by atoms with Crippen LogP contribution in [0.4, 0.5) is 0 Å². The fourth-order valence-electron chi connectivity index (χ4n) is 3.20. The molecular formula is C24H31ClN2O3. The topological polar surface area (TPSA) is 58.6 Å². The van der Waals surface area contributed by atoms with Crippen LogP contribution >= 0.6 is 11.6 Å². The number of hydrogen-bond acceptors (Lipinski definition) is 3. The summed E-state index contributed by atoms with van der Waals surface area (Å²) >= 11 is 6.21. The zero-order valence-electron chi connectivity index (χ0n) is 18.4. The lowest BCUT2D eigenvalue weighted by molar-refractivity contribution is -0.142. The van der Waals surface area contributed by atoms with Crippen LogP contribution in [0, 0.1) is 20.8 Å². The van der Waals surface area contributed by atoms with Gasteiger partial charge in [-0.25, -0.2) is 0 Å². The van der Waals surface area contributed by atoms with Crippen molar-refractivity contribution < 1.29 is 14.3 Å². The predicted molar refractivity (Wildman–Crippen MR) is 121 cm³/mol. The van der Waals surface area contributed by atoms with Crippen molar-refractivity contribution in [3.05, 3.63) is 63.7 Å². The van der Waals surface area contributed by atoms with Crippen LogP contribution in [0.25, 0.3) is 0 Å². The summed E-state index contributed by atoms with van der Waals surface area (Å²) in [5.41, 5.74) is 3.86. The zero-order chi connectivity index (χ0) is 22.3. The lowest BCUT2D eigenvalue weighted by Crippen LogP contribution is -2.49. The molecule has 2 rings (SSSR count). The molecule has 30 heavy (non-hydrogen) atoms. The van der Waals surface area contributed by atoms with Crippen LogP contribution in [0.3, 0.4) is 0 Å². The Morgan fingerprint density at radius 2 is 1.80 bits per heavy atom. The van der Waals surface area contributed by atoms with Gasteiger partial charge in [0.2, 0.25) is 5.91 Å². The highest BCUT2D eigenvalue weighted by atomic mass is 35.5. The number of carbonyl (C=O) groups is 2. The van der Waals surface area contributed by atoms with Crippen molar-refractivity contribution in [1.82, 2.24) is 10.2 Å². The molecule has 0 unspecified atom stereocenters. The van der Waals surface area contributed by atoms with Gasteiger partial charge in [-0.15, -0.1) is 0 Å². The lowest BCUT2D eigenvalue weighted by atomic mass is 10.1. The van der Waals surface area contributed by atoms with Gasteiger partial charge in [-0.1, -0.05) is 48.4 Å². The van der Waals surface area contributed by atoms with Gasteiger partial charge in [-0.05, 0) is 62.9 Å². The third kappa shape index (κ3) is 6.49. The summed E-state index contributed by atoms with van der Waals surface area (Å²) in [6.45, 7) is 10.3. The van der Waals surface area contributed by atoms with Gasteiger partial charge >= 0.3 is 0 Å². The van der Waals surface area contributed by atoms with E-state index in [9.17, 15) is 9.59 Å². The van der Waals surface area contributed by atoms with Crippen molar-refractivity contribution in [2.45, 2.75) is 53.6 Å². The molecule has 0 heterocycles. The first kappa shape index (κ1) is 23.7. The standard InChI is InChI=1S/C24H31ClN2O3/c1-6-10-26-24(29)19(5)27(14-20-9-7-8-16(2)11-20)22(28)15-30-21-12-17(3)23(25)18(4)13-21/h7-9,11-13,19H,6,10,14-15H2,1-5H3,(H,26,29)/t19-/m1/s1. The Bertz CT molecular complexity index is 875. The summed E-state index contributed by atoms with van der Waals surface area (Å²) in [4.78, 5) is 27.2. The first-order chi connectivity index (χ1) is 14.2. The quantitative estimate of drug-likeness (QED) is 0.633. The number of aryl methyl sites for hydroxylation is 3. The maximum absolute atomic E-state index is 13.1. The molecule has 6 heteroatoms. The molecule has 0 bridgehead atoms. The molecule has 5 nitrogen and oxygen atoms in total. The lowest BCUT2D eigenvalue weighted by Gasteiger charge is -2.29. The van der Waals surface area contributed by atoms with Gasteiger partial charge in [0.1, 0.15) is 11.8 Å². The minimum atomic E-state index is -0.609. The molecule has 0 spiro atoms. The molecular weight excluding hydrogens is 400 g/mol. The smallest absolute Gasteiger partial charge is 0.261 e. The second-order valence-electron chi connectivity index (χ2n) is 7.64. The average molecular weight is 431 g/mol. The van der Waals surface area contributed by atoms with Crippen molar-refractivity contribution in [2.24, 2.45) is 0 Å². The number of benzene rings is 2. The molecule has 1 N–H and O–H groups in total. The Morgan fingerprint density at radius 3 is 2.40 bits per heavy atom. The monoisotopic (exact) mass is 430 g/mol. The molecule has 0 fully saturated rings. The van der Waals surface area contributed by atoms with Gasteiger partial charge in [-0.2, -0.15) is 0 Å². The van der Waals surface area contributed by atoms with Crippen LogP contribution < -0.4 is 10.1 Å². The van der Waals surface area contributed by atoms with E-state index >= 15 is 0 Å². The number of nitrogens with zero attached hydrogens (tertiary/aromatic N) is 1. The summed E-state index contributed by atoms with van der Waals surface area (Å²) < 4.78 is 5.76. The second kappa shape index (κ2) is 11.0. The Hall–Kier alpha value is -2.53. The van der Waals surface area contributed by atoms with E-state index in [1.165, 1.54) is 0 Å². The van der Waals surface area contributed by atoms with Crippen LogP contribution in [0.15, 0.2) is 36.4 Å². The molecule has 0 aliphatic heterocycles. The minimum Gasteiger partial charge on any atom is -0.484 e. The van der Waals surface area contributed by atoms with Crippen molar-refractivity contribution in [2.75, 3.05) is 13.2 Å². The molecule has 0 aliphatic carbocycles. The number of nitrogens with one attached hydrogen (secondary N) is 1. The number of carbonyl (C=O) groups excluding carboxylic acids is 2. The number of hydrogen-bond donors (Lipinski definition) is 1. The van der Waals surface area contributed by atoms with E-state index in [1.807, 2.05) is 64.1 Å². The first-order valence-corrected chi connectivity index (χ1v) is 10.6. The van der Waals surface area contributed by atoms with Gasteiger partial charge in [0, 0.05) is 18.1 Å². The molecule has 2 amide bonds. The van der Waals surface area contributed by atoms with Crippen molar-refractivity contribution in [1.29, 1.82) is 0 Å². The highest BCUT2D eigenvalue weighted by Gasteiger charge is 2.26. The normalized spacial score (nSPS) is 11.7. The maximum atomic E-state index is 13.1. The molecule has 0 aliphatic rings. The predicted octanol–water partition coefficient (Wildman–Crippen LogP) is 4.59. The van der Waals surface area contributed by atoms with Crippen LogP contribution in [-0.2, 0) is 16.1 Å². The van der Waals surface area contributed by atoms with E-state index in [1.54, 1.807) is 11.8 Å². The summed E-state index contributed by atoms with van der Waals surface area (Å²) in [6.07, 6.45) is 0.836. The summed E-state index contributed by atoms with van der Waals surface area (Å²) in [5.74, 6) is 0.165. The summed E-state index contributed by atoms with van der Waals surface area (Å²) in [5, 5.41) is 3.56. The molecule has 0 saturated carbocycles. The van der Waals surface area contributed by atoms with Crippen molar-refractivity contribution in [3.8, 4) is 5.75 Å². The molecule has 0 aromatic heterocycles. The molecule has 162 valence electrons. The second-order valence-corrected chi connectivity index (χ2v) is 8.02. The number of halogens is 1. The molecule has 0 radical (unpaired) electrons. The van der Waals surface area contributed by atoms with E-state index in [-0.39, 0.29) is 18.4 Å². The minimum absolute atomic E-state index is 0.155. The molecule has 2 aromatic carbocycles. The Kier molecular flexibility index (Phi) is 8.72. The fraction of sp³-hybridized carbons (Fsp3) is 0.417. The summed E-state index contributed by atoms with van der Waals surface area (Å²) in [6, 6.07) is 10.9. The highest BCUT2D eigenvalue weighted by Crippen LogP contribution is 2.26. The Morgan fingerprint density at radius 1 is 1.13 bits per heavy atom. The van der Waals surface area contributed by atoms with Gasteiger partial charge in [-0.3, -0.25) is 9.59 Å².